The normalized spacial score (nSPS) is 10.2. The second kappa shape index (κ2) is 6.57. The molecule has 20 heavy (non-hydrogen) atoms. The molecule has 0 atom stereocenters. The van der Waals surface area contributed by atoms with Gasteiger partial charge in [0.1, 0.15) is 0 Å². The predicted molar refractivity (Wildman–Crippen MR) is 86.0 cm³/mol. The number of rotatable bonds is 4. The van der Waals surface area contributed by atoms with Crippen molar-refractivity contribution in [3.8, 4) is 0 Å². The molecule has 0 aliphatic carbocycles. The standard InChI is InChI=1S/C16H17BrN2O/c1-11-7-14(17)9-15(8-11)19-10-12-3-5-13(6-4-12)16(20)18-2/h3-9,19H,10H2,1-2H3,(H,18,20). The Morgan fingerprint density at radius 1 is 1.15 bits per heavy atom. The molecule has 0 bridgehead atoms. The van der Waals surface area contributed by atoms with E-state index >= 15 is 0 Å². The quantitative estimate of drug-likeness (QED) is 0.895. The zero-order chi connectivity index (χ0) is 14.5. The number of hydrogen-bond donors (Lipinski definition) is 2. The van der Waals surface area contributed by atoms with Gasteiger partial charge in [0.15, 0.2) is 0 Å². The molecule has 0 unspecified atom stereocenters. The van der Waals surface area contributed by atoms with Crippen LogP contribution < -0.4 is 10.6 Å². The van der Waals surface area contributed by atoms with E-state index in [1.807, 2.05) is 30.3 Å². The first kappa shape index (κ1) is 14.6. The maximum Gasteiger partial charge on any atom is 0.251 e. The van der Waals surface area contributed by atoms with Crippen molar-refractivity contribution in [2.45, 2.75) is 13.5 Å². The molecule has 2 N–H and O–H groups in total. The SMILES string of the molecule is CNC(=O)c1ccc(CNc2cc(C)cc(Br)c2)cc1. The lowest BCUT2D eigenvalue weighted by atomic mass is 10.1. The molecular formula is C16H17BrN2O. The number of carbonyl (C=O) groups is 1. The Labute approximate surface area is 127 Å². The summed E-state index contributed by atoms with van der Waals surface area (Å²) in [6.45, 7) is 2.79. The Morgan fingerprint density at radius 2 is 1.85 bits per heavy atom. The number of nitrogens with one attached hydrogen (secondary N) is 2. The summed E-state index contributed by atoms with van der Waals surface area (Å²) >= 11 is 3.49. The van der Waals surface area contributed by atoms with E-state index < -0.39 is 0 Å². The molecule has 0 fully saturated rings. The fraction of sp³-hybridized carbons (Fsp3) is 0.188. The van der Waals surface area contributed by atoms with Gasteiger partial charge in [-0.15, -0.1) is 0 Å². The van der Waals surface area contributed by atoms with Crippen molar-refractivity contribution < 1.29 is 4.79 Å². The van der Waals surface area contributed by atoms with E-state index in [1.54, 1.807) is 7.05 Å². The van der Waals surface area contributed by atoms with Crippen molar-refractivity contribution >= 4 is 27.5 Å². The Morgan fingerprint density at radius 3 is 2.45 bits per heavy atom. The van der Waals surface area contributed by atoms with Gasteiger partial charge in [-0.2, -0.15) is 0 Å². The lowest BCUT2D eigenvalue weighted by Gasteiger charge is -2.09. The van der Waals surface area contributed by atoms with E-state index in [0.29, 0.717) is 5.56 Å². The first-order valence-corrected chi connectivity index (χ1v) is 7.20. The third-order valence-electron chi connectivity index (χ3n) is 2.98. The van der Waals surface area contributed by atoms with Gasteiger partial charge in [0.2, 0.25) is 0 Å². The second-order valence-corrected chi connectivity index (χ2v) is 5.56. The monoisotopic (exact) mass is 332 g/mol. The molecule has 0 radical (unpaired) electrons. The Balaban J connectivity index is 2.02. The van der Waals surface area contributed by atoms with Crippen molar-refractivity contribution in [1.29, 1.82) is 0 Å². The topological polar surface area (TPSA) is 41.1 Å². The molecule has 0 aliphatic rings. The van der Waals surface area contributed by atoms with Crippen LogP contribution in [0.1, 0.15) is 21.5 Å². The third kappa shape index (κ3) is 3.84. The van der Waals surface area contributed by atoms with Gasteiger partial charge in [-0.25, -0.2) is 0 Å². The molecule has 0 spiro atoms. The van der Waals surface area contributed by atoms with Gasteiger partial charge in [-0.1, -0.05) is 28.1 Å². The van der Waals surface area contributed by atoms with E-state index in [0.717, 1.165) is 22.3 Å². The highest BCUT2D eigenvalue weighted by Gasteiger charge is 2.02. The van der Waals surface area contributed by atoms with Crippen LogP contribution in [0, 0.1) is 6.92 Å². The summed E-state index contributed by atoms with van der Waals surface area (Å²) in [7, 11) is 1.63. The Bertz CT molecular complexity index is 588. The summed E-state index contributed by atoms with van der Waals surface area (Å²) in [6.07, 6.45) is 0. The van der Waals surface area contributed by atoms with Crippen LogP contribution in [0.15, 0.2) is 46.9 Å². The zero-order valence-corrected chi connectivity index (χ0v) is 13.1. The Kier molecular flexibility index (Phi) is 4.79. The fourth-order valence-corrected chi connectivity index (χ4v) is 2.57. The molecule has 3 nitrogen and oxygen atoms in total. The van der Waals surface area contributed by atoms with Gasteiger partial charge >= 0.3 is 0 Å². The van der Waals surface area contributed by atoms with E-state index in [-0.39, 0.29) is 5.91 Å². The minimum absolute atomic E-state index is 0.0628. The average molecular weight is 333 g/mol. The Hall–Kier alpha value is -1.81. The molecule has 2 aromatic carbocycles. The van der Waals surface area contributed by atoms with Crippen LogP contribution in [-0.2, 0) is 6.54 Å². The number of benzene rings is 2. The largest absolute Gasteiger partial charge is 0.381 e. The lowest BCUT2D eigenvalue weighted by Crippen LogP contribution is -2.17. The summed E-state index contributed by atoms with van der Waals surface area (Å²) in [5.41, 5.74) is 4.09. The van der Waals surface area contributed by atoms with Crippen molar-refractivity contribution in [3.05, 3.63) is 63.6 Å². The van der Waals surface area contributed by atoms with E-state index in [2.05, 4.69) is 45.6 Å². The van der Waals surface area contributed by atoms with Crippen LogP contribution in [0.2, 0.25) is 0 Å². The number of aryl methyl sites for hydroxylation is 1. The van der Waals surface area contributed by atoms with Crippen molar-refractivity contribution in [2.24, 2.45) is 0 Å². The fourth-order valence-electron chi connectivity index (χ4n) is 1.96. The van der Waals surface area contributed by atoms with Crippen LogP contribution in [0.25, 0.3) is 0 Å². The first-order valence-electron chi connectivity index (χ1n) is 6.40. The molecule has 2 aromatic rings. The number of halogens is 1. The molecule has 0 saturated heterocycles. The number of hydrogen-bond acceptors (Lipinski definition) is 2. The summed E-state index contributed by atoms with van der Waals surface area (Å²) in [6, 6.07) is 13.8. The third-order valence-corrected chi connectivity index (χ3v) is 3.44. The summed E-state index contributed by atoms with van der Waals surface area (Å²) in [5.74, 6) is -0.0628. The van der Waals surface area contributed by atoms with Gasteiger partial charge in [0.25, 0.3) is 5.91 Å². The summed E-state index contributed by atoms with van der Waals surface area (Å²) in [4.78, 5) is 11.4. The van der Waals surface area contributed by atoms with Gasteiger partial charge in [-0.3, -0.25) is 4.79 Å². The molecule has 2 rings (SSSR count). The minimum atomic E-state index is -0.0628. The molecule has 4 heteroatoms. The smallest absolute Gasteiger partial charge is 0.251 e. The van der Waals surface area contributed by atoms with Gasteiger partial charge < -0.3 is 10.6 Å². The predicted octanol–water partition coefficient (Wildman–Crippen LogP) is 3.73. The van der Waals surface area contributed by atoms with Gasteiger partial charge in [0.05, 0.1) is 0 Å². The summed E-state index contributed by atoms with van der Waals surface area (Å²) in [5, 5.41) is 5.99. The van der Waals surface area contributed by atoms with Crippen LogP contribution in [0.5, 0.6) is 0 Å². The van der Waals surface area contributed by atoms with Gasteiger partial charge in [0, 0.05) is 29.3 Å². The molecule has 104 valence electrons. The molecule has 1 amide bonds. The molecular weight excluding hydrogens is 316 g/mol. The summed E-state index contributed by atoms with van der Waals surface area (Å²) < 4.78 is 1.06. The van der Waals surface area contributed by atoms with E-state index in [4.69, 9.17) is 0 Å². The highest BCUT2D eigenvalue weighted by molar-refractivity contribution is 9.10. The van der Waals surface area contributed by atoms with Crippen LogP contribution in [0.4, 0.5) is 5.69 Å². The molecule has 0 heterocycles. The van der Waals surface area contributed by atoms with Crippen molar-refractivity contribution in [2.75, 3.05) is 12.4 Å². The maximum atomic E-state index is 11.4. The number of amides is 1. The number of carbonyl (C=O) groups excluding carboxylic acids is 1. The lowest BCUT2D eigenvalue weighted by molar-refractivity contribution is 0.0963. The number of anilines is 1. The van der Waals surface area contributed by atoms with Gasteiger partial charge in [-0.05, 0) is 48.4 Å². The molecule has 0 aliphatic heterocycles. The van der Waals surface area contributed by atoms with Crippen LogP contribution >= 0.6 is 15.9 Å². The van der Waals surface area contributed by atoms with Crippen LogP contribution in [-0.4, -0.2) is 13.0 Å². The average Bonchev–Trinajstić information content (AvgIpc) is 2.44. The highest BCUT2D eigenvalue weighted by atomic mass is 79.9. The van der Waals surface area contributed by atoms with E-state index in [9.17, 15) is 4.79 Å². The van der Waals surface area contributed by atoms with Crippen LogP contribution in [0.3, 0.4) is 0 Å². The van der Waals surface area contributed by atoms with Crippen molar-refractivity contribution in [1.82, 2.24) is 5.32 Å². The first-order chi connectivity index (χ1) is 9.58. The minimum Gasteiger partial charge on any atom is -0.381 e. The highest BCUT2D eigenvalue weighted by Crippen LogP contribution is 2.19. The van der Waals surface area contributed by atoms with Crippen molar-refractivity contribution in [3.63, 3.8) is 0 Å². The maximum absolute atomic E-state index is 11.4. The molecule has 0 saturated carbocycles. The molecule has 0 aromatic heterocycles. The second-order valence-electron chi connectivity index (χ2n) is 4.65. The zero-order valence-electron chi connectivity index (χ0n) is 11.5. The van der Waals surface area contributed by atoms with E-state index in [1.165, 1.54) is 5.56 Å².